The Balaban J connectivity index is 1.94. The van der Waals surface area contributed by atoms with E-state index in [0.717, 1.165) is 0 Å². The van der Waals surface area contributed by atoms with Crippen LogP contribution in [0.2, 0.25) is 0 Å². The molecule has 126 valence electrons. The summed E-state index contributed by atoms with van der Waals surface area (Å²) in [4.78, 5) is 36.8. The molecule has 25 heavy (non-hydrogen) atoms. The normalized spacial score (nSPS) is 10.4. The largest absolute Gasteiger partial charge is 0.481 e. The molecule has 0 spiro atoms. The number of aromatic nitrogens is 1. The third kappa shape index (κ3) is 3.66. The van der Waals surface area contributed by atoms with Gasteiger partial charge in [-0.3, -0.25) is 9.59 Å². The fraction of sp³-hybridized carbons (Fsp3) is 0.0556. The molecule has 1 amide bonds. The highest BCUT2D eigenvalue weighted by atomic mass is 16.5. The molecule has 0 aliphatic rings. The minimum absolute atomic E-state index is 0.235. The van der Waals surface area contributed by atoms with Crippen molar-refractivity contribution in [3.05, 3.63) is 70.6 Å². The van der Waals surface area contributed by atoms with Gasteiger partial charge in [0.1, 0.15) is 5.75 Å². The van der Waals surface area contributed by atoms with Crippen molar-refractivity contribution in [2.45, 2.75) is 0 Å². The fourth-order valence-electron chi connectivity index (χ4n) is 2.43. The van der Waals surface area contributed by atoms with Crippen molar-refractivity contribution >= 4 is 28.3 Å². The van der Waals surface area contributed by atoms with E-state index in [0.29, 0.717) is 22.2 Å². The number of carbonyl (C=O) groups excluding carboxylic acids is 1. The summed E-state index contributed by atoms with van der Waals surface area (Å²) in [5.74, 6) is -1.08. The first kappa shape index (κ1) is 16.3. The summed E-state index contributed by atoms with van der Waals surface area (Å²) < 4.78 is 5.28. The van der Waals surface area contributed by atoms with Crippen LogP contribution in [0.1, 0.15) is 10.4 Å². The Bertz CT molecular complexity index is 1010. The molecule has 0 atom stereocenters. The molecule has 0 radical (unpaired) electrons. The number of aliphatic carboxylic acids is 1. The lowest BCUT2D eigenvalue weighted by Crippen LogP contribution is -2.16. The molecule has 3 aromatic rings. The maximum Gasteiger partial charge on any atom is 0.341 e. The third-order valence-corrected chi connectivity index (χ3v) is 3.52. The summed E-state index contributed by atoms with van der Waals surface area (Å²) in [5, 5.41) is 12.9. The van der Waals surface area contributed by atoms with Gasteiger partial charge in [-0.25, -0.2) is 4.79 Å². The number of fused-ring (bicyclic) bond motifs is 1. The van der Waals surface area contributed by atoms with Crippen LogP contribution in [0.4, 0.5) is 5.69 Å². The van der Waals surface area contributed by atoms with E-state index in [2.05, 4.69) is 10.3 Å². The average molecular weight is 338 g/mol. The maximum atomic E-state index is 12.3. The number of hydrogen-bond donors (Lipinski definition) is 3. The Kier molecular flexibility index (Phi) is 4.47. The van der Waals surface area contributed by atoms with E-state index in [9.17, 15) is 14.4 Å². The summed E-state index contributed by atoms with van der Waals surface area (Å²) >= 11 is 0. The number of anilines is 1. The van der Waals surface area contributed by atoms with Crippen LogP contribution in [0.5, 0.6) is 5.75 Å². The van der Waals surface area contributed by atoms with Gasteiger partial charge in [0.2, 0.25) is 5.56 Å². The van der Waals surface area contributed by atoms with Gasteiger partial charge in [0.15, 0.2) is 6.61 Å². The van der Waals surface area contributed by atoms with Crippen LogP contribution in [0, 0.1) is 0 Å². The van der Waals surface area contributed by atoms with Gasteiger partial charge in [-0.1, -0.05) is 24.3 Å². The van der Waals surface area contributed by atoms with E-state index < -0.39 is 18.5 Å². The molecule has 2 aromatic carbocycles. The van der Waals surface area contributed by atoms with Crippen LogP contribution >= 0.6 is 0 Å². The number of carbonyl (C=O) groups is 2. The Hall–Kier alpha value is -3.61. The van der Waals surface area contributed by atoms with Gasteiger partial charge < -0.3 is 20.1 Å². The molecule has 0 bridgehead atoms. The first-order valence-electron chi connectivity index (χ1n) is 7.41. The standard InChI is InChI=1S/C18H14N2O5/c21-16-9-11(7-8-19-16)18(24)20-14-5-6-15(25-10-17(22)23)13-4-2-1-3-12(13)14/h1-9H,10H2,(H,19,21)(H,20,24)(H,22,23). The van der Waals surface area contributed by atoms with Gasteiger partial charge >= 0.3 is 5.97 Å². The lowest BCUT2D eigenvalue weighted by Gasteiger charge is -2.12. The number of amides is 1. The Morgan fingerprint density at radius 1 is 1.08 bits per heavy atom. The van der Waals surface area contributed by atoms with Crippen molar-refractivity contribution in [1.82, 2.24) is 4.98 Å². The molecule has 0 aliphatic carbocycles. The summed E-state index contributed by atoms with van der Waals surface area (Å²) in [6.07, 6.45) is 1.40. The number of H-pyrrole nitrogens is 1. The number of rotatable bonds is 5. The second-order valence-corrected chi connectivity index (χ2v) is 5.23. The van der Waals surface area contributed by atoms with Gasteiger partial charge in [-0.15, -0.1) is 0 Å². The molecule has 0 unspecified atom stereocenters. The van der Waals surface area contributed by atoms with Crippen molar-refractivity contribution in [3.8, 4) is 5.75 Å². The van der Waals surface area contributed by atoms with Crippen LogP contribution in [-0.4, -0.2) is 28.6 Å². The predicted molar refractivity (Wildman–Crippen MR) is 92.1 cm³/mol. The predicted octanol–water partition coefficient (Wildman–Crippen LogP) is 2.24. The zero-order valence-corrected chi connectivity index (χ0v) is 13.0. The second-order valence-electron chi connectivity index (χ2n) is 5.23. The Morgan fingerprint density at radius 3 is 2.56 bits per heavy atom. The summed E-state index contributed by atoms with van der Waals surface area (Å²) in [5.41, 5.74) is 0.400. The molecule has 3 N–H and O–H groups in total. The molecule has 7 heteroatoms. The first-order valence-corrected chi connectivity index (χ1v) is 7.41. The fourth-order valence-corrected chi connectivity index (χ4v) is 2.43. The minimum atomic E-state index is -1.07. The Labute approximate surface area is 141 Å². The number of ether oxygens (including phenoxy) is 1. The Morgan fingerprint density at radius 2 is 1.84 bits per heavy atom. The van der Waals surface area contributed by atoms with Crippen LogP contribution in [-0.2, 0) is 4.79 Å². The van der Waals surface area contributed by atoms with Gasteiger partial charge in [0.05, 0.1) is 0 Å². The van der Waals surface area contributed by atoms with Crippen molar-refractivity contribution in [3.63, 3.8) is 0 Å². The minimum Gasteiger partial charge on any atom is -0.481 e. The number of nitrogens with one attached hydrogen (secondary N) is 2. The monoisotopic (exact) mass is 338 g/mol. The lowest BCUT2D eigenvalue weighted by atomic mass is 10.1. The smallest absolute Gasteiger partial charge is 0.341 e. The molecule has 3 rings (SSSR count). The van der Waals surface area contributed by atoms with E-state index in [1.54, 1.807) is 36.4 Å². The third-order valence-electron chi connectivity index (χ3n) is 3.52. The molecule has 1 heterocycles. The molecule has 0 saturated heterocycles. The number of carboxylic acids is 1. The second kappa shape index (κ2) is 6.88. The van der Waals surface area contributed by atoms with E-state index in [1.807, 2.05) is 0 Å². The van der Waals surface area contributed by atoms with E-state index in [4.69, 9.17) is 9.84 Å². The number of hydrogen-bond acceptors (Lipinski definition) is 4. The van der Waals surface area contributed by atoms with Gasteiger partial charge in [-0.05, 0) is 18.2 Å². The molecular formula is C18H14N2O5. The van der Waals surface area contributed by atoms with Gasteiger partial charge in [0.25, 0.3) is 5.91 Å². The van der Waals surface area contributed by atoms with Crippen molar-refractivity contribution in [1.29, 1.82) is 0 Å². The average Bonchev–Trinajstić information content (AvgIpc) is 2.61. The summed E-state index contributed by atoms with van der Waals surface area (Å²) in [6.45, 7) is -0.456. The van der Waals surface area contributed by atoms with E-state index >= 15 is 0 Å². The molecule has 0 aliphatic heterocycles. The zero-order chi connectivity index (χ0) is 17.8. The molecule has 1 aromatic heterocycles. The lowest BCUT2D eigenvalue weighted by molar-refractivity contribution is -0.139. The molecule has 7 nitrogen and oxygen atoms in total. The number of carboxylic acid groups (broad SMARTS) is 1. The molecule has 0 saturated carbocycles. The van der Waals surface area contributed by atoms with Crippen LogP contribution in [0.15, 0.2) is 59.5 Å². The number of pyridine rings is 1. The van der Waals surface area contributed by atoms with Crippen LogP contribution in [0.3, 0.4) is 0 Å². The maximum absolute atomic E-state index is 12.3. The highest BCUT2D eigenvalue weighted by molar-refractivity contribution is 6.10. The summed E-state index contributed by atoms with van der Waals surface area (Å²) in [6, 6.07) is 13.1. The summed E-state index contributed by atoms with van der Waals surface area (Å²) in [7, 11) is 0. The van der Waals surface area contributed by atoms with Crippen molar-refractivity contribution in [2.24, 2.45) is 0 Å². The highest BCUT2D eigenvalue weighted by Gasteiger charge is 2.12. The van der Waals surface area contributed by atoms with Gasteiger partial charge in [0, 0.05) is 34.3 Å². The first-order chi connectivity index (χ1) is 12.0. The molecule has 0 fully saturated rings. The molecular weight excluding hydrogens is 324 g/mol. The van der Waals surface area contributed by atoms with Gasteiger partial charge in [-0.2, -0.15) is 0 Å². The van der Waals surface area contributed by atoms with Crippen LogP contribution in [0.25, 0.3) is 10.8 Å². The van der Waals surface area contributed by atoms with Crippen LogP contribution < -0.4 is 15.6 Å². The van der Waals surface area contributed by atoms with Crippen molar-refractivity contribution in [2.75, 3.05) is 11.9 Å². The zero-order valence-electron chi connectivity index (χ0n) is 13.0. The number of benzene rings is 2. The topological polar surface area (TPSA) is 108 Å². The number of aromatic amines is 1. The van der Waals surface area contributed by atoms with Crippen molar-refractivity contribution < 1.29 is 19.4 Å². The highest BCUT2D eigenvalue weighted by Crippen LogP contribution is 2.31. The van der Waals surface area contributed by atoms with E-state index in [1.165, 1.54) is 18.3 Å². The van der Waals surface area contributed by atoms with E-state index in [-0.39, 0.29) is 11.1 Å². The SMILES string of the molecule is O=C(O)COc1ccc(NC(=O)c2cc[nH]c(=O)c2)c2ccccc12. The quantitative estimate of drug-likeness (QED) is 0.661.